The van der Waals surface area contributed by atoms with Crippen molar-refractivity contribution in [2.24, 2.45) is 5.92 Å². The van der Waals surface area contributed by atoms with E-state index >= 15 is 0 Å². The first-order chi connectivity index (χ1) is 17.4. The van der Waals surface area contributed by atoms with Gasteiger partial charge in [-0.3, -0.25) is 13.9 Å². The van der Waals surface area contributed by atoms with Gasteiger partial charge in [0.15, 0.2) is 0 Å². The maximum atomic E-state index is 13.5. The van der Waals surface area contributed by atoms with Crippen molar-refractivity contribution < 1.29 is 31.2 Å². The van der Waals surface area contributed by atoms with Crippen LogP contribution in [0.3, 0.4) is 0 Å². The predicted molar refractivity (Wildman–Crippen MR) is 143 cm³/mol. The van der Waals surface area contributed by atoms with Crippen molar-refractivity contribution in [1.29, 1.82) is 0 Å². The zero-order valence-electron chi connectivity index (χ0n) is 20.9. The molecule has 2 amide bonds. The molecule has 0 bridgehead atoms. The van der Waals surface area contributed by atoms with Crippen molar-refractivity contribution in [2.75, 3.05) is 23.7 Å². The van der Waals surface area contributed by atoms with Gasteiger partial charge in [-0.1, -0.05) is 54.7 Å². The highest BCUT2D eigenvalue weighted by Gasteiger charge is 2.36. The maximum Gasteiger partial charge on any atom is 0.417 e. The number of nitrogens with zero attached hydrogens (tertiary/aromatic N) is 2. The molecule has 0 aromatic heterocycles. The van der Waals surface area contributed by atoms with Gasteiger partial charge in [0.1, 0.15) is 12.6 Å². The molecule has 2 aromatic rings. The van der Waals surface area contributed by atoms with Crippen LogP contribution in [-0.4, -0.2) is 50.5 Å². The van der Waals surface area contributed by atoms with Gasteiger partial charge in [-0.15, -0.1) is 0 Å². The van der Waals surface area contributed by atoms with Crippen LogP contribution in [0.4, 0.5) is 18.9 Å². The van der Waals surface area contributed by atoms with Gasteiger partial charge in [0.05, 0.1) is 22.5 Å². The maximum absolute atomic E-state index is 13.5. The van der Waals surface area contributed by atoms with Gasteiger partial charge in [0.25, 0.3) is 0 Å². The molecule has 0 aliphatic rings. The molecule has 14 heteroatoms. The Morgan fingerprint density at radius 2 is 1.58 bits per heavy atom. The third kappa shape index (κ3) is 8.39. The summed E-state index contributed by atoms with van der Waals surface area (Å²) >= 11 is 18.2. The summed E-state index contributed by atoms with van der Waals surface area (Å²) in [4.78, 5) is 27.5. The average Bonchev–Trinajstić information content (AvgIpc) is 2.79. The monoisotopic (exact) mass is 615 g/mol. The number of rotatable bonds is 10. The van der Waals surface area contributed by atoms with Crippen molar-refractivity contribution in [3.05, 3.63) is 62.6 Å². The lowest BCUT2D eigenvalue weighted by Gasteiger charge is -2.32. The molecule has 0 saturated carbocycles. The largest absolute Gasteiger partial charge is 0.417 e. The Balaban J connectivity index is 2.52. The number of hydrogen-bond donors (Lipinski definition) is 1. The number of carbonyl (C=O) groups is 2. The first-order valence-electron chi connectivity index (χ1n) is 11.3. The molecular weight excluding hydrogens is 590 g/mol. The fraction of sp³-hybridized carbons (Fsp3) is 0.417. The fourth-order valence-corrected chi connectivity index (χ4v) is 4.97. The van der Waals surface area contributed by atoms with E-state index < -0.39 is 56.9 Å². The van der Waals surface area contributed by atoms with Crippen LogP contribution in [0.5, 0.6) is 0 Å². The van der Waals surface area contributed by atoms with Crippen LogP contribution in [0.25, 0.3) is 0 Å². The highest BCUT2D eigenvalue weighted by molar-refractivity contribution is 7.92. The summed E-state index contributed by atoms with van der Waals surface area (Å²) in [6.07, 6.45) is -4.12. The van der Waals surface area contributed by atoms with E-state index in [4.69, 9.17) is 34.8 Å². The number of hydrogen-bond acceptors (Lipinski definition) is 4. The standard InChI is InChI=1S/C24H27Cl3F3N3O4S/c1-14(2)11-31-23(35)15(3)32(12-17-19(25)6-5-7-20(17)26)22(34)13-33(38(4,36)37)16-8-9-21(27)18(10-16)24(28,29)30/h5-10,14-15H,11-13H2,1-4H3,(H,31,35)/t15-/m0/s1. The number of benzene rings is 2. The Morgan fingerprint density at radius 1 is 1.00 bits per heavy atom. The minimum atomic E-state index is -4.86. The van der Waals surface area contributed by atoms with Crippen molar-refractivity contribution in [2.45, 2.75) is 39.5 Å². The summed E-state index contributed by atoms with van der Waals surface area (Å²) in [5.74, 6) is -1.28. The molecule has 7 nitrogen and oxygen atoms in total. The van der Waals surface area contributed by atoms with Crippen molar-refractivity contribution >= 4 is 62.3 Å². The molecule has 0 saturated heterocycles. The van der Waals surface area contributed by atoms with E-state index in [1.165, 1.54) is 19.1 Å². The highest BCUT2D eigenvalue weighted by atomic mass is 35.5. The van der Waals surface area contributed by atoms with E-state index in [9.17, 15) is 31.2 Å². The summed E-state index contributed by atoms with van der Waals surface area (Å²) in [5.41, 5.74) is -1.38. The van der Waals surface area contributed by atoms with E-state index in [1.807, 2.05) is 13.8 Å². The second-order valence-corrected chi connectivity index (χ2v) is 12.1. The summed E-state index contributed by atoms with van der Waals surface area (Å²) in [5, 5.41) is 2.49. The lowest BCUT2D eigenvalue weighted by molar-refractivity contribution is -0.139. The Kier molecular flexibility index (Phi) is 10.7. The molecule has 0 unspecified atom stereocenters. The van der Waals surface area contributed by atoms with Crippen molar-refractivity contribution in [3.8, 4) is 0 Å². The van der Waals surface area contributed by atoms with Gasteiger partial charge in [0, 0.05) is 28.7 Å². The van der Waals surface area contributed by atoms with E-state index in [0.29, 0.717) is 22.5 Å². The van der Waals surface area contributed by atoms with Crippen LogP contribution >= 0.6 is 34.8 Å². The SMILES string of the molecule is CC(C)CNC(=O)[C@H](C)N(Cc1c(Cl)cccc1Cl)C(=O)CN(c1ccc(Cl)c(C(F)(F)F)c1)S(C)(=O)=O. The number of alkyl halides is 3. The molecule has 2 rings (SSSR count). The number of amides is 2. The lowest BCUT2D eigenvalue weighted by atomic mass is 10.1. The van der Waals surface area contributed by atoms with Crippen LogP contribution in [0, 0.1) is 5.92 Å². The number of carbonyl (C=O) groups excluding carboxylic acids is 2. The van der Waals surface area contributed by atoms with Crippen LogP contribution < -0.4 is 9.62 Å². The summed E-state index contributed by atoms with van der Waals surface area (Å²) in [6.45, 7) is 4.35. The normalized spacial score (nSPS) is 12.8. The first-order valence-corrected chi connectivity index (χ1v) is 14.3. The van der Waals surface area contributed by atoms with E-state index in [2.05, 4.69) is 5.32 Å². The second kappa shape index (κ2) is 12.8. The molecule has 38 heavy (non-hydrogen) atoms. The molecular formula is C24H27Cl3F3N3O4S. The topological polar surface area (TPSA) is 86.8 Å². The number of nitrogens with one attached hydrogen (secondary N) is 1. The third-order valence-corrected chi connectivity index (χ3v) is 7.64. The molecule has 0 spiro atoms. The third-order valence-electron chi connectivity index (χ3n) is 5.46. The van der Waals surface area contributed by atoms with Gasteiger partial charge in [-0.2, -0.15) is 13.2 Å². The van der Waals surface area contributed by atoms with Crippen LogP contribution in [-0.2, 0) is 32.3 Å². The smallest absolute Gasteiger partial charge is 0.354 e. The lowest BCUT2D eigenvalue weighted by Crippen LogP contribution is -2.51. The van der Waals surface area contributed by atoms with Crippen molar-refractivity contribution in [1.82, 2.24) is 10.2 Å². The van der Waals surface area contributed by atoms with Gasteiger partial charge in [-0.05, 0) is 43.2 Å². The number of sulfonamides is 1. The van der Waals surface area contributed by atoms with Crippen LogP contribution in [0.1, 0.15) is 31.9 Å². The molecule has 210 valence electrons. The van der Waals surface area contributed by atoms with E-state index in [1.54, 1.807) is 6.07 Å². The first kappa shape index (κ1) is 32.0. The van der Waals surface area contributed by atoms with Crippen LogP contribution in [0.2, 0.25) is 15.1 Å². The molecule has 0 fully saturated rings. The highest BCUT2D eigenvalue weighted by Crippen LogP contribution is 2.37. The van der Waals surface area contributed by atoms with Gasteiger partial charge >= 0.3 is 6.18 Å². The molecule has 0 aliphatic heterocycles. The molecule has 1 atom stereocenters. The zero-order valence-corrected chi connectivity index (χ0v) is 24.0. The van der Waals surface area contributed by atoms with Gasteiger partial charge in [-0.25, -0.2) is 8.42 Å². The minimum absolute atomic E-state index is 0.113. The number of anilines is 1. The summed E-state index contributed by atoms with van der Waals surface area (Å²) in [7, 11) is -4.26. The van der Waals surface area contributed by atoms with Crippen LogP contribution in [0.15, 0.2) is 36.4 Å². The van der Waals surface area contributed by atoms with E-state index in [0.717, 1.165) is 23.3 Å². The molecule has 0 aliphatic carbocycles. The fourth-order valence-electron chi connectivity index (χ4n) is 3.39. The van der Waals surface area contributed by atoms with Crippen molar-refractivity contribution in [3.63, 3.8) is 0 Å². The number of halogens is 6. The Labute approximate surface area is 234 Å². The van der Waals surface area contributed by atoms with Gasteiger partial charge < -0.3 is 10.2 Å². The summed E-state index contributed by atoms with van der Waals surface area (Å²) in [6, 6.07) is 6.04. The molecule has 1 N–H and O–H groups in total. The molecule has 2 aromatic carbocycles. The Bertz CT molecular complexity index is 1270. The van der Waals surface area contributed by atoms with E-state index in [-0.39, 0.29) is 22.5 Å². The Hall–Kier alpha value is -2.21. The van der Waals surface area contributed by atoms with Gasteiger partial charge in [0.2, 0.25) is 21.8 Å². The second-order valence-electron chi connectivity index (χ2n) is 8.97. The quantitative estimate of drug-likeness (QED) is 0.376. The predicted octanol–water partition coefficient (Wildman–Crippen LogP) is 5.62. The zero-order chi connectivity index (χ0) is 29.0. The molecule has 0 heterocycles. The average molecular weight is 617 g/mol. The summed E-state index contributed by atoms with van der Waals surface area (Å²) < 4.78 is 66.0. The Morgan fingerprint density at radius 3 is 2.08 bits per heavy atom. The minimum Gasteiger partial charge on any atom is -0.354 e. The molecule has 0 radical (unpaired) electrons.